The summed E-state index contributed by atoms with van der Waals surface area (Å²) >= 11 is 2.10. The number of hydrogen-bond donors (Lipinski definition) is 1. The van der Waals surface area contributed by atoms with Crippen molar-refractivity contribution < 1.29 is 0 Å². The molecule has 0 aromatic carbocycles. The van der Waals surface area contributed by atoms with E-state index >= 15 is 0 Å². The lowest BCUT2D eigenvalue weighted by Crippen LogP contribution is -2.33. The van der Waals surface area contributed by atoms with Gasteiger partial charge < -0.3 is 10.2 Å². The average Bonchev–Trinajstić information content (AvgIpc) is 2.70. The number of thioether (sulfide) groups is 1. The van der Waals surface area contributed by atoms with Crippen LogP contribution in [0.25, 0.3) is 0 Å². The van der Waals surface area contributed by atoms with Gasteiger partial charge in [-0.1, -0.05) is 6.92 Å². The normalized spacial score (nSPS) is 22.1. The third-order valence-corrected chi connectivity index (χ3v) is 3.97. The van der Waals surface area contributed by atoms with Gasteiger partial charge in [0, 0.05) is 11.8 Å². The smallest absolute Gasteiger partial charge is 0.0191 e. The Morgan fingerprint density at radius 3 is 2.93 bits per heavy atom. The van der Waals surface area contributed by atoms with Gasteiger partial charge in [-0.05, 0) is 51.7 Å². The quantitative estimate of drug-likeness (QED) is 0.654. The first-order valence-electron chi connectivity index (χ1n) is 5.83. The predicted molar refractivity (Wildman–Crippen MR) is 66.1 cm³/mol. The first kappa shape index (κ1) is 12.3. The van der Waals surface area contributed by atoms with Crippen molar-refractivity contribution in [2.45, 2.75) is 32.2 Å². The third kappa shape index (κ3) is 4.67. The van der Waals surface area contributed by atoms with Gasteiger partial charge >= 0.3 is 0 Å². The monoisotopic (exact) mass is 216 g/mol. The lowest BCUT2D eigenvalue weighted by molar-refractivity contribution is 0.258. The van der Waals surface area contributed by atoms with Crippen LogP contribution in [0, 0.1) is 0 Å². The van der Waals surface area contributed by atoms with Gasteiger partial charge in [-0.3, -0.25) is 0 Å². The molecule has 3 heteroatoms. The highest BCUT2D eigenvalue weighted by Crippen LogP contribution is 2.21. The van der Waals surface area contributed by atoms with Crippen LogP contribution in [-0.4, -0.2) is 49.1 Å². The van der Waals surface area contributed by atoms with Gasteiger partial charge in [-0.2, -0.15) is 11.8 Å². The summed E-state index contributed by atoms with van der Waals surface area (Å²) in [6.07, 6.45) is 3.93. The Hall–Kier alpha value is 0.270. The summed E-state index contributed by atoms with van der Waals surface area (Å²) in [7, 11) is 2.27. The Bertz CT molecular complexity index is 135. The molecule has 1 saturated heterocycles. The molecule has 0 saturated carbocycles. The highest BCUT2D eigenvalue weighted by molar-refractivity contribution is 7.99. The standard InChI is InChI=1S/C11H24N2S/c1-3-6-12-7-4-8-13(2)11-5-9-14-10-11/h11-12H,3-10H2,1-2H3. The molecular formula is C11H24N2S. The van der Waals surface area contributed by atoms with Gasteiger partial charge in [-0.15, -0.1) is 0 Å². The van der Waals surface area contributed by atoms with E-state index in [-0.39, 0.29) is 0 Å². The molecule has 0 aliphatic carbocycles. The van der Waals surface area contributed by atoms with Gasteiger partial charge in [0.05, 0.1) is 0 Å². The van der Waals surface area contributed by atoms with E-state index in [0.29, 0.717) is 0 Å². The number of nitrogens with one attached hydrogen (secondary N) is 1. The fourth-order valence-electron chi connectivity index (χ4n) is 1.81. The molecule has 84 valence electrons. The molecule has 1 aliphatic rings. The molecule has 1 unspecified atom stereocenters. The van der Waals surface area contributed by atoms with Crippen molar-refractivity contribution in [2.75, 3.05) is 38.2 Å². The van der Waals surface area contributed by atoms with E-state index in [9.17, 15) is 0 Å². The zero-order chi connectivity index (χ0) is 10.2. The molecular weight excluding hydrogens is 192 g/mol. The molecule has 0 radical (unpaired) electrons. The van der Waals surface area contributed by atoms with Crippen molar-refractivity contribution in [3.63, 3.8) is 0 Å². The summed E-state index contributed by atoms with van der Waals surface area (Å²) in [6.45, 7) is 5.82. The summed E-state index contributed by atoms with van der Waals surface area (Å²) in [5.41, 5.74) is 0. The van der Waals surface area contributed by atoms with Crippen LogP contribution >= 0.6 is 11.8 Å². The minimum Gasteiger partial charge on any atom is -0.317 e. The van der Waals surface area contributed by atoms with E-state index in [1.165, 1.54) is 50.4 Å². The zero-order valence-electron chi connectivity index (χ0n) is 9.59. The molecule has 1 aliphatic heterocycles. The second-order valence-corrected chi connectivity index (χ2v) is 5.25. The summed E-state index contributed by atoms with van der Waals surface area (Å²) in [5.74, 6) is 2.71. The highest BCUT2D eigenvalue weighted by atomic mass is 32.2. The molecule has 2 nitrogen and oxygen atoms in total. The minimum atomic E-state index is 0.853. The van der Waals surface area contributed by atoms with Crippen LogP contribution < -0.4 is 5.32 Å². The fourth-order valence-corrected chi connectivity index (χ4v) is 3.11. The van der Waals surface area contributed by atoms with E-state index in [4.69, 9.17) is 0 Å². The molecule has 0 spiro atoms. The Balaban J connectivity index is 1.94. The Morgan fingerprint density at radius 1 is 1.43 bits per heavy atom. The summed E-state index contributed by atoms with van der Waals surface area (Å²) < 4.78 is 0. The van der Waals surface area contributed by atoms with E-state index < -0.39 is 0 Å². The molecule has 1 fully saturated rings. The van der Waals surface area contributed by atoms with Gasteiger partial charge in [0.1, 0.15) is 0 Å². The van der Waals surface area contributed by atoms with Crippen molar-refractivity contribution in [1.82, 2.24) is 10.2 Å². The second kappa shape index (κ2) is 7.55. The molecule has 14 heavy (non-hydrogen) atoms. The maximum absolute atomic E-state index is 3.45. The van der Waals surface area contributed by atoms with Crippen LogP contribution in [0.15, 0.2) is 0 Å². The largest absolute Gasteiger partial charge is 0.317 e. The Labute approximate surface area is 92.8 Å². The SMILES string of the molecule is CCCNCCCN(C)C1CCSC1. The first-order chi connectivity index (χ1) is 6.84. The van der Waals surface area contributed by atoms with Crippen molar-refractivity contribution in [1.29, 1.82) is 0 Å². The van der Waals surface area contributed by atoms with Crippen molar-refractivity contribution in [3.05, 3.63) is 0 Å². The van der Waals surface area contributed by atoms with E-state index in [0.717, 1.165) is 6.04 Å². The molecule has 1 rings (SSSR count). The fraction of sp³-hybridized carbons (Fsp3) is 1.00. The summed E-state index contributed by atoms with van der Waals surface area (Å²) in [5, 5.41) is 3.45. The molecule has 1 atom stereocenters. The Kier molecular flexibility index (Phi) is 6.65. The van der Waals surface area contributed by atoms with Gasteiger partial charge in [-0.25, -0.2) is 0 Å². The van der Waals surface area contributed by atoms with Gasteiger partial charge in [0.25, 0.3) is 0 Å². The van der Waals surface area contributed by atoms with Crippen molar-refractivity contribution >= 4 is 11.8 Å². The van der Waals surface area contributed by atoms with Crippen LogP contribution in [0.3, 0.4) is 0 Å². The van der Waals surface area contributed by atoms with Crippen LogP contribution in [0.4, 0.5) is 0 Å². The van der Waals surface area contributed by atoms with Crippen LogP contribution in [0.1, 0.15) is 26.2 Å². The van der Waals surface area contributed by atoms with Crippen LogP contribution in [-0.2, 0) is 0 Å². The maximum atomic E-state index is 3.45. The van der Waals surface area contributed by atoms with Gasteiger partial charge in [0.2, 0.25) is 0 Å². The zero-order valence-corrected chi connectivity index (χ0v) is 10.4. The molecule has 0 aromatic heterocycles. The number of rotatable bonds is 7. The summed E-state index contributed by atoms with van der Waals surface area (Å²) in [6, 6.07) is 0.853. The summed E-state index contributed by atoms with van der Waals surface area (Å²) in [4.78, 5) is 2.54. The van der Waals surface area contributed by atoms with Crippen molar-refractivity contribution in [3.8, 4) is 0 Å². The lowest BCUT2D eigenvalue weighted by atomic mass is 10.2. The van der Waals surface area contributed by atoms with Crippen molar-refractivity contribution in [2.24, 2.45) is 0 Å². The van der Waals surface area contributed by atoms with E-state index in [1.54, 1.807) is 0 Å². The first-order valence-corrected chi connectivity index (χ1v) is 6.98. The maximum Gasteiger partial charge on any atom is 0.0191 e. The van der Waals surface area contributed by atoms with E-state index in [1.807, 2.05) is 0 Å². The molecule has 0 aromatic rings. The molecule has 1 N–H and O–H groups in total. The third-order valence-electron chi connectivity index (χ3n) is 2.82. The number of nitrogens with zero attached hydrogens (tertiary/aromatic N) is 1. The van der Waals surface area contributed by atoms with E-state index in [2.05, 4.69) is 35.9 Å². The lowest BCUT2D eigenvalue weighted by Gasteiger charge is -2.23. The molecule has 0 bridgehead atoms. The number of hydrogen-bond acceptors (Lipinski definition) is 3. The average molecular weight is 216 g/mol. The highest BCUT2D eigenvalue weighted by Gasteiger charge is 2.18. The van der Waals surface area contributed by atoms with Crippen LogP contribution in [0.2, 0.25) is 0 Å². The van der Waals surface area contributed by atoms with Crippen LogP contribution in [0.5, 0.6) is 0 Å². The Morgan fingerprint density at radius 2 is 2.29 bits per heavy atom. The molecule has 1 heterocycles. The molecule has 0 amide bonds. The minimum absolute atomic E-state index is 0.853. The van der Waals surface area contributed by atoms with Gasteiger partial charge in [0.15, 0.2) is 0 Å². The second-order valence-electron chi connectivity index (χ2n) is 4.10. The predicted octanol–water partition coefficient (Wildman–Crippen LogP) is 1.81. The topological polar surface area (TPSA) is 15.3 Å².